The maximum absolute atomic E-state index is 5.78. The number of morpholine rings is 1. The predicted octanol–water partition coefficient (Wildman–Crippen LogP) is 0.249. The minimum Gasteiger partial charge on any atom is -0.404 e. The first-order chi connectivity index (χ1) is 6.67. The van der Waals surface area contributed by atoms with Crippen LogP contribution < -0.4 is 5.73 Å². The summed E-state index contributed by atoms with van der Waals surface area (Å²) in [4.78, 5) is 6.20. The molecule has 80 valence electrons. The highest BCUT2D eigenvalue weighted by Crippen LogP contribution is 2.14. The van der Waals surface area contributed by atoms with Crippen molar-refractivity contribution in [1.29, 1.82) is 0 Å². The molecular formula is C10H19N3O. The van der Waals surface area contributed by atoms with Crippen LogP contribution in [0.15, 0.2) is 16.8 Å². The number of likely N-dealkylation sites (N-methyl/N-ethyl adjacent to an activating group) is 1. The van der Waals surface area contributed by atoms with E-state index in [0.29, 0.717) is 0 Å². The Bertz CT molecular complexity index is 228. The number of hydrogen-bond donors (Lipinski definition) is 1. The van der Waals surface area contributed by atoms with Crippen molar-refractivity contribution < 1.29 is 4.74 Å². The van der Waals surface area contributed by atoms with Crippen LogP contribution in [0.2, 0.25) is 0 Å². The van der Waals surface area contributed by atoms with Crippen LogP contribution in [0.3, 0.4) is 0 Å². The molecule has 4 nitrogen and oxygen atoms in total. The molecule has 1 aliphatic heterocycles. The molecule has 1 unspecified atom stereocenters. The average Bonchev–Trinajstić information content (AvgIpc) is 2.12. The van der Waals surface area contributed by atoms with Crippen molar-refractivity contribution in [3.8, 4) is 0 Å². The van der Waals surface area contributed by atoms with E-state index in [1.807, 2.05) is 0 Å². The molecule has 0 spiro atoms. The number of rotatable bonds is 2. The van der Waals surface area contributed by atoms with E-state index in [1.165, 1.54) is 0 Å². The SMILES string of the molecule is CN=C/C(=C\N)[C@@H]1CN(C)CC(C)O1. The summed E-state index contributed by atoms with van der Waals surface area (Å²) in [7, 11) is 3.82. The third kappa shape index (κ3) is 2.82. The van der Waals surface area contributed by atoms with Crippen LogP contribution in [-0.4, -0.2) is 50.5 Å². The van der Waals surface area contributed by atoms with Crippen molar-refractivity contribution in [2.45, 2.75) is 19.1 Å². The van der Waals surface area contributed by atoms with Crippen LogP contribution in [0.5, 0.6) is 0 Å². The third-order valence-electron chi connectivity index (χ3n) is 2.29. The molecule has 0 aromatic carbocycles. The summed E-state index contributed by atoms with van der Waals surface area (Å²) in [5.41, 5.74) is 6.48. The quantitative estimate of drug-likeness (QED) is 0.646. The highest BCUT2D eigenvalue weighted by molar-refractivity contribution is 5.79. The molecule has 0 radical (unpaired) electrons. The standard InChI is InChI=1S/C10H19N3O/c1-8-6-13(3)7-10(14-8)9(4-11)5-12-2/h4-5,8,10H,6-7,11H2,1-3H3/b9-4+,12-5?/t8?,10-/m0/s1. The van der Waals surface area contributed by atoms with E-state index >= 15 is 0 Å². The zero-order valence-electron chi connectivity index (χ0n) is 9.10. The fraction of sp³-hybridized carbons (Fsp3) is 0.700. The van der Waals surface area contributed by atoms with Gasteiger partial charge in [-0.3, -0.25) is 4.99 Å². The number of ether oxygens (including phenoxy) is 1. The fourth-order valence-electron chi connectivity index (χ4n) is 1.73. The van der Waals surface area contributed by atoms with Gasteiger partial charge < -0.3 is 15.4 Å². The lowest BCUT2D eigenvalue weighted by atomic mass is 10.1. The Morgan fingerprint density at radius 1 is 1.57 bits per heavy atom. The first-order valence-corrected chi connectivity index (χ1v) is 4.85. The highest BCUT2D eigenvalue weighted by atomic mass is 16.5. The topological polar surface area (TPSA) is 50.8 Å². The second kappa shape index (κ2) is 5.12. The molecule has 0 aliphatic carbocycles. The highest BCUT2D eigenvalue weighted by Gasteiger charge is 2.24. The van der Waals surface area contributed by atoms with Crippen LogP contribution in [-0.2, 0) is 4.74 Å². The van der Waals surface area contributed by atoms with Gasteiger partial charge in [0.15, 0.2) is 0 Å². The smallest absolute Gasteiger partial charge is 0.0984 e. The van der Waals surface area contributed by atoms with Crippen molar-refractivity contribution in [3.63, 3.8) is 0 Å². The van der Waals surface area contributed by atoms with E-state index in [1.54, 1.807) is 19.5 Å². The van der Waals surface area contributed by atoms with E-state index in [4.69, 9.17) is 10.5 Å². The van der Waals surface area contributed by atoms with Gasteiger partial charge >= 0.3 is 0 Å². The number of nitrogens with two attached hydrogens (primary N) is 1. The molecule has 14 heavy (non-hydrogen) atoms. The summed E-state index contributed by atoms with van der Waals surface area (Å²) in [6.45, 7) is 3.91. The Morgan fingerprint density at radius 3 is 2.79 bits per heavy atom. The van der Waals surface area contributed by atoms with Gasteiger partial charge in [-0.1, -0.05) is 0 Å². The van der Waals surface area contributed by atoms with Crippen LogP contribution in [0, 0.1) is 0 Å². The molecule has 0 saturated carbocycles. The molecule has 1 saturated heterocycles. The molecule has 0 amide bonds. The average molecular weight is 197 g/mol. The lowest BCUT2D eigenvalue weighted by molar-refractivity contribution is -0.0494. The van der Waals surface area contributed by atoms with Crippen LogP contribution in [0.4, 0.5) is 0 Å². The molecule has 2 atom stereocenters. The van der Waals surface area contributed by atoms with Crippen LogP contribution in [0.1, 0.15) is 6.92 Å². The van der Waals surface area contributed by atoms with Gasteiger partial charge in [0.25, 0.3) is 0 Å². The predicted molar refractivity (Wildman–Crippen MR) is 58.5 cm³/mol. The summed E-state index contributed by atoms with van der Waals surface area (Å²) < 4.78 is 5.78. The Hall–Kier alpha value is -0.870. The van der Waals surface area contributed by atoms with Crippen LogP contribution >= 0.6 is 0 Å². The molecule has 1 heterocycles. The van der Waals surface area contributed by atoms with Crippen molar-refractivity contribution in [1.82, 2.24) is 4.90 Å². The van der Waals surface area contributed by atoms with E-state index in [9.17, 15) is 0 Å². The molecule has 2 N–H and O–H groups in total. The van der Waals surface area contributed by atoms with E-state index in [-0.39, 0.29) is 12.2 Å². The van der Waals surface area contributed by atoms with E-state index < -0.39 is 0 Å². The van der Waals surface area contributed by atoms with Gasteiger partial charge in [-0.2, -0.15) is 0 Å². The summed E-state index contributed by atoms with van der Waals surface area (Å²) in [6, 6.07) is 0. The van der Waals surface area contributed by atoms with Gasteiger partial charge in [0, 0.05) is 38.1 Å². The second-order valence-electron chi connectivity index (χ2n) is 3.71. The zero-order chi connectivity index (χ0) is 10.6. The van der Waals surface area contributed by atoms with Crippen molar-refractivity contribution >= 4 is 6.21 Å². The Morgan fingerprint density at radius 2 is 2.29 bits per heavy atom. The fourth-order valence-corrected chi connectivity index (χ4v) is 1.73. The monoisotopic (exact) mass is 197 g/mol. The van der Waals surface area contributed by atoms with E-state index in [0.717, 1.165) is 18.7 Å². The number of nitrogens with zero attached hydrogens (tertiary/aromatic N) is 2. The Kier molecular flexibility index (Phi) is 4.10. The van der Waals surface area contributed by atoms with Gasteiger partial charge in [0.2, 0.25) is 0 Å². The summed E-state index contributed by atoms with van der Waals surface area (Å²) >= 11 is 0. The van der Waals surface area contributed by atoms with Gasteiger partial charge in [-0.15, -0.1) is 0 Å². The summed E-state index contributed by atoms with van der Waals surface area (Å²) in [5.74, 6) is 0. The lowest BCUT2D eigenvalue weighted by Crippen LogP contribution is -2.45. The molecule has 0 bridgehead atoms. The van der Waals surface area contributed by atoms with Crippen molar-refractivity contribution in [3.05, 3.63) is 11.8 Å². The van der Waals surface area contributed by atoms with Crippen LogP contribution in [0.25, 0.3) is 0 Å². The van der Waals surface area contributed by atoms with Gasteiger partial charge in [0.1, 0.15) is 0 Å². The first kappa shape index (κ1) is 11.2. The summed E-state index contributed by atoms with van der Waals surface area (Å²) in [5, 5.41) is 0. The second-order valence-corrected chi connectivity index (χ2v) is 3.71. The minimum atomic E-state index is 0.0532. The van der Waals surface area contributed by atoms with E-state index in [2.05, 4.69) is 23.9 Å². The largest absolute Gasteiger partial charge is 0.404 e. The number of hydrogen-bond acceptors (Lipinski definition) is 4. The molecule has 1 aliphatic rings. The Balaban J connectivity index is 2.66. The third-order valence-corrected chi connectivity index (χ3v) is 2.29. The van der Waals surface area contributed by atoms with Gasteiger partial charge in [-0.25, -0.2) is 0 Å². The van der Waals surface area contributed by atoms with Crippen molar-refractivity contribution in [2.75, 3.05) is 27.2 Å². The normalized spacial score (nSPS) is 31.2. The van der Waals surface area contributed by atoms with Gasteiger partial charge in [0.05, 0.1) is 12.2 Å². The van der Waals surface area contributed by atoms with Gasteiger partial charge in [-0.05, 0) is 14.0 Å². The zero-order valence-corrected chi connectivity index (χ0v) is 9.10. The number of aliphatic imine (C=N–C) groups is 1. The molecule has 4 heteroatoms. The Labute approximate surface area is 85.4 Å². The lowest BCUT2D eigenvalue weighted by Gasteiger charge is -2.34. The maximum Gasteiger partial charge on any atom is 0.0984 e. The molecule has 1 rings (SSSR count). The minimum absolute atomic E-state index is 0.0532. The van der Waals surface area contributed by atoms with Crippen molar-refractivity contribution in [2.24, 2.45) is 10.7 Å². The summed E-state index contributed by atoms with van der Waals surface area (Å²) in [6.07, 6.45) is 3.64. The molecular weight excluding hydrogens is 178 g/mol. The molecule has 0 aromatic rings. The maximum atomic E-state index is 5.78. The molecule has 1 fully saturated rings. The first-order valence-electron chi connectivity index (χ1n) is 4.85. The molecule has 0 aromatic heterocycles.